The van der Waals surface area contributed by atoms with E-state index in [0.717, 1.165) is 6.42 Å². The van der Waals surface area contributed by atoms with Crippen molar-refractivity contribution in [2.45, 2.75) is 58.5 Å². The molecule has 0 heterocycles. The van der Waals surface area contributed by atoms with E-state index in [1.54, 1.807) is 10.4 Å². The highest BCUT2D eigenvalue weighted by Gasteiger charge is 2.47. The Morgan fingerprint density at radius 2 is 1.31 bits per heavy atom. The Morgan fingerprint density at radius 3 is 1.69 bits per heavy atom. The first-order valence-corrected chi connectivity index (χ1v) is 12.1. The average Bonchev–Trinajstić information content (AvgIpc) is 2.60. The van der Waals surface area contributed by atoms with Gasteiger partial charge in [-0.25, -0.2) is 0 Å². The molecule has 1 heteroatoms. The van der Waals surface area contributed by atoms with E-state index in [9.17, 15) is 0 Å². The molecule has 0 aliphatic rings. The maximum absolute atomic E-state index is 5.54. The van der Waals surface area contributed by atoms with Crippen LogP contribution in [0.5, 0.6) is 0 Å². The first-order chi connectivity index (χ1) is 12.3. The molecule has 0 nitrogen and oxygen atoms in total. The molecule has 2 aromatic carbocycles. The zero-order chi connectivity index (χ0) is 19.2. The third-order valence-electron chi connectivity index (χ3n) is 5.74. The maximum atomic E-state index is 5.54. The lowest BCUT2D eigenvalue weighted by Crippen LogP contribution is -2.64. The molecule has 2 aromatic rings. The van der Waals surface area contributed by atoms with Crippen LogP contribution in [0, 0.1) is 24.2 Å². The molecule has 0 saturated heterocycles. The third-order valence-corrected chi connectivity index (χ3v) is 12.2. The second-order valence-electron chi connectivity index (χ2n) is 8.95. The van der Waals surface area contributed by atoms with E-state index in [1.165, 1.54) is 12.5 Å². The van der Waals surface area contributed by atoms with Crippen LogP contribution in [0.15, 0.2) is 60.7 Å². The summed E-state index contributed by atoms with van der Waals surface area (Å²) in [6, 6.07) is 23.8. The lowest BCUT2D eigenvalue weighted by atomic mass is 9.96. The second kappa shape index (κ2) is 8.74. The van der Waals surface area contributed by atoms with Crippen molar-refractivity contribution in [2.75, 3.05) is 0 Å². The molecule has 0 saturated carbocycles. The van der Waals surface area contributed by atoms with Crippen molar-refractivity contribution in [1.29, 1.82) is 0 Å². The van der Waals surface area contributed by atoms with E-state index in [1.807, 2.05) is 0 Å². The van der Waals surface area contributed by atoms with Gasteiger partial charge in [-0.05, 0) is 29.3 Å². The zero-order valence-electron chi connectivity index (χ0n) is 17.1. The van der Waals surface area contributed by atoms with Crippen LogP contribution in [0.3, 0.4) is 0 Å². The van der Waals surface area contributed by atoms with Crippen molar-refractivity contribution in [1.82, 2.24) is 0 Å². The lowest BCUT2D eigenvalue weighted by Gasteiger charge is -2.46. The molecular formula is C25H34Si. The second-order valence-corrected chi connectivity index (χ2v) is 13.8. The van der Waals surface area contributed by atoms with Crippen molar-refractivity contribution in [2.24, 2.45) is 11.8 Å². The molecule has 0 N–H and O–H groups in total. The summed E-state index contributed by atoms with van der Waals surface area (Å²) in [6.45, 7) is 12.0. The van der Waals surface area contributed by atoms with Crippen LogP contribution in [0.1, 0.15) is 47.5 Å². The van der Waals surface area contributed by atoms with Gasteiger partial charge in [0.2, 0.25) is 0 Å². The van der Waals surface area contributed by atoms with E-state index in [-0.39, 0.29) is 5.04 Å². The van der Waals surface area contributed by atoms with Crippen molar-refractivity contribution in [3.8, 4) is 12.3 Å². The van der Waals surface area contributed by atoms with Gasteiger partial charge in [-0.2, -0.15) is 0 Å². The first kappa shape index (κ1) is 20.5. The van der Waals surface area contributed by atoms with Gasteiger partial charge in [0.05, 0.1) is 0 Å². The van der Waals surface area contributed by atoms with Crippen LogP contribution >= 0.6 is 0 Å². The van der Waals surface area contributed by atoms with Gasteiger partial charge in [0, 0.05) is 6.42 Å². The van der Waals surface area contributed by atoms with Gasteiger partial charge in [0.25, 0.3) is 0 Å². The predicted octanol–water partition coefficient (Wildman–Crippen LogP) is 5.74. The summed E-state index contributed by atoms with van der Waals surface area (Å²) in [4.78, 5) is 0. The summed E-state index contributed by atoms with van der Waals surface area (Å²) in [5.41, 5.74) is 0. The minimum Gasteiger partial charge on any atom is -0.120 e. The molecule has 0 spiro atoms. The topological polar surface area (TPSA) is 0 Å². The summed E-state index contributed by atoms with van der Waals surface area (Å²) in [5, 5.41) is 3.34. The Kier molecular flexibility index (Phi) is 6.90. The summed E-state index contributed by atoms with van der Waals surface area (Å²) in [5.74, 6) is 4.09. The van der Waals surface area contributed by atoms with Crippen LogP contribution in [0.25, 0.3) is 0 Å². The molecule has 0 unspecified atom stereocenters. The van der Waals surface area contributed by atoms with E-state index in [0.29, 0.717) is 11.8 Å². The van der Waals surface area contributed by atoms with Gasteiger partial charge in [0.1, 0.15) is 8.07 Å². The van der Waals surface area contributed by atoms with Gasteiger partial charge < -0.3 is 0 Å². The van der Waals surface area contributed by atoms with E-state index >= 15 is 0 Å². The fourth-order valence-corrected chi connectivity index (χ4v) is 10.5. The van der Waals surface area contributed by atoms with Gasteiger partial charge in [-0.3, -0.25) is 0 Å². The first-order valence-electron chi connectivity index (χ1n) is 9.85. The van der Waals surface area contributed by atoms with Gasteiger partial charge in [0.15, 0.2) is 0 Å². The highest BCUT2D eigenvalue weighted by atomic mass is 28.3. The summed E-state index contributed by atoms with van der Waals surface area (Å²) >= 11 is 0. The molecule has 0 aromatic heterocycles. The Labute approximate surface area is 162 Å². The largest absolute Gasteiger partial charge is 0.123 e. The fraction of sp³-hybridized carbons (Fsp3) is 0.440. The summed E-state index contributed by atoms with van der Waals surface area (Å²) < 4.78 is 0. The van der Waals surface area contributed by atoms with E-state index in [2.05, 4.69) is 101 Å². The highest BCUT2D eigenvalue weighted by molar-refractivity contribution is 7.04. The fourth-order valence-electron chi connectivity index (χ4n) is 4.60. The molecule has 0 fully saturated rings. The maximum Gasteiger partial charge on any atom is 0.123 e. The molecule has 0 bridgehead atoms. The van der Waals surface area contributed by atoms with Crippen LogP contribution in [0.4, 0.5) is 0 Å². The Bertz CT molecular complexity index is 664. The summed E-state index contributed by atoms with van der Waals surface area (Å²) in [6.07, 6.45) is 7.63. The number of rotatable bonds is 7. The number of terminal acetylenes is 1. The molecule has 26 heavy (non-hydrogen) atoms. The minimum absolute atomic E-state index is 0.235. The summed E-state index contributed by atoms with van der Waals surface area (Å²) in [7, 11) is -1.95. The molecule has 0 radical (unpaired) electrons. The molecule has 0 aliphatic heterocycles. The van der Waals surface area contributed by atoms with Gasteiger partial charge >= 0.3 is 0 Å². The Morgan fingerprint density at radius 1 is 0.846 bits per heavy atom. The molecule has 2 rings (SSSR count). The molecular weight excluding hydrogens is 328 g/mol. The van der Waals surface area contributed by atoms with Crippen LogP contribution in [0.2, 0.25) is 11.1 Å². The van der Waals surface area contributed by atoms with Crippen molar-refractivity contribution in [3.63, 3.8) is 0 Å². The van der Waals surface area contributed by atoms with Crippen LogP contribution in [-0.2, 0) is 0 Å². The number of hydrogen-bond donors (Lipinski definition) is 0. The molecule has 2 atom stereocenters. The Balaban J connectivity index is 2.52. The normalized spacial score (nSPS) is 14.5. The molecule has 0 aliphatic carbocycles. The number of hydrogen-bond acceptors (Lipinski definition) is 0. The lowest BCUT2D eigenvalue weighted by molar-refractivity contribution is 0.441. The predicted molar refractivity (Wildman–Crippen MR) is 119 cm³/mol. The van der Waals surface area contributed by atoms with Crippen molar-refractivity contribution < 1.29 is 0 Å². The monoisotopic (exact) mass is 362 g/mol. The van der Waals surface area contributed by atoms with Crippen LogP contribution < -0.4 is 10.4 Å². The average molecular weight is 363 g/mol. The van der Waals surface area contributed by atoms with E-state index < -0.39 is 8.07 Å². The van der Waals surface area contributed by atoms with Crippen LogP contribution in [-0.4, -0.2) is 8.07 Å². The van der Waals surface area contributed by atoms with Crippen molar-refractivity contribution in [3.05, 3.63) is 60.7 Å². The van der Waals surface area contributed by atoms with Gasteiger partial charge in [-0.1, -0.05) is 106 Å². The number of benzene rings is 2. The Hall–Kier alpha value is -1.78. The standard InChI is InChI=1S/C25H34Si/c1-7-14-21(2)19-22(3)20-26(25(4,5)6,23-15-10-8-11-16-23)24-17-12-9-13-18-24/h1,8-13,15-18,21-22H,14,19-20H2,2-6H3/t21-,22-/m1/s1. The minimum atomic E-state index is -1.95. The third kappa shape index (κ3) is 4.49. The highest BCUT2D eigenvalue weighted by Crippen LogP contribution is 2.41. The molecule has 0 amide bonds. The van der Waals surface area contributed by atoms with Crippen molar-refractivity contribution >= 4 is 18.4 Å². The smallest absolute Gasteiger partial charge is 0.120 e. The zero-order valence-corrected chi connectivity index (χ0v) is 18.1. The quantitative estimate of drug-likeness (QED) is 0.435. The van der Waals surface area contributed by atoms with E-state index in [4.69, 9.17) is 6.42 Å². The molecule has 138 valence electrons. The SMILES string of the molecule is C#CC[C@@H](C)C[C@@H](C)C[Si](c1ccccc1)(c1ccccc1)C(C)(C)C. The van der Waals surface area contributed by atoms with Gasteiger partial charge in [-0.15, -0.1) is 12.3 Å².